The van der Waals surface area contributed by atoms with E-state index in [2.05, 4.69) is 70.5 Å². The number of amides is 1. The lowest BCUT2D eigenvalue weighted by Crippen LogP contribution is -2.50. The summed E-state index contributed by atoms with van der Waals surface area (Å²) in [4.78, 5) is 24.2. The molecule has 7 heteroatoms. The number of benzene rings is 1. The van der Waals surface area contributed by atoms with Crippen molar-refractivity contribution in [1.29, 1.82) is 0 Å². The van der Waals surface area contributed by atoms with E-state index in [1.54, 1.807) is 0 Å². The molecule has 0 radical (unpaired) electrons. The number of rotatable bonds is 7. The molecule has 2 aliphatic heterocycles. The van der Waals surface area contributed by atoms with Gasteiger partial charge < -0.3 is 25.3 Å². The van der Waals surface area contributed by atoms with E-state index in [9.17, 15) is 4.79 Å². The van der Waals surface area contributed by atoms with Gasteiger partial charge in [-0.1, -0.05) is 18.2 Å². The highest BCUT2D eigenvalue weighted by atomic mass is 16.2. The molecule has 2 heterocycles. The summed E-state index contributed by atoms with van der Waals surface area (Å²) in [6.45, 7) is 13.5. The highest BCUT2D eigenvalue weighted by Crippen LogP contribution is 2.16. The molecule has 0 aliphatic carbocycles. The Morgan fingerprint density at radius 3 is 2.35 bits per heavy atom. The van der Waals surface area contributed by atoms with E-state index in [1.165, 1.54) is 5.69 Å². The van der Waals surface area contributed by atoms with E-state index in [4.69, 9.17) is 0 Å². The first-order chi connectivity index (χ1) is 15.1. The monoisotopic (exact) mass is 428 g/mol. The van der Waals surface area contributed by atoms with Crippen LogP contribution in [0.3, 0.4) is 0 Å². The van der Waals surface area contributed by atoms with Crippen LogP contribution in [-0.4, -0.2) is 86.1 Å². The Balaban J connectivity index is 1.41. The van der Waals surface area contributed by atoms with Crippen LogP contribution in [0.4, 0.5) is 5.69 Å². The lowest BCUT2D eigenvalue weighted by Gasteiger charge is -2.36. The van der Waals surface area contributed by atoms with Crippen molar-refractivity contribution in [3.05, 3.63) is 30.3 Å². The first kappa shape index (κ1) is 23.4. The van der Waals surface area contributed by atoms with Crippen molar-refractivity contribution in [2.75, 3.05) is 57.3 Å². The van der Waals surface area contributed by atoms with Gasteiger partial charge in [0.15, 0.2) is 5.96 Å². The summed E-state index contributed by atoms with van der Waals surface area (Å²) >= 11 is 0. The van der Waals surface area contributed by atoms with Crippen molar-refractivity contribution in [3.63, 3.8) is 0 Å². The number of carbonyl (C=O) groups excluding carboxylic acids is 1. The number of hydrogen-bond acceptors (Lipinski definition) is 4. The van der Waals surface area contributed by atoms with Crippen LogP contribution in [0.25, 0.3) is 0 Å². The fourth-order valence-electron chi connectivity index (χ4n) is 4.35. The third-order valence-corrected chi connectivity index (χ3v) is 6.29. The molecular formula is C24H40N6O. The Kier molecular flexibility index (Phi) is 9.00. The molecule has 0 aromatic heterocycles. The highest BCUT2D eigenvalue weighted by molar-refractivity contribution is 5.81. The van der Waals surface area contributed by atoms with E-state index >= 15 is 0 Å². The Bertz CT molecular complexity index is 691. The molecule has 31 heavy (non-hydrogen) atoms. The van der Waals surface area contributed by atoms with Crippen molar-refractivity contribution in [2.24, 2.45) is 4.99 Å². The van der Waals surface area contributed by atoms with Gasteiger partial charge in [0.1, 0.15) is 0 Å². The first-order valence-corrected chi connectivity index (χ1v) is 11.9. The number of carbonyl (C=O) groups is 1. The van der Waals surface area contributed by atoms with Crippen molar-refractivity contribution in [3.8, 4) is 0 Å². The second kappa shape index (κ2) is 11.9. The summed E-state index contributed by atoms with van der Waals surface area (Å²) < 4.78 is 0. The van der Waals surface area contributed by atoms with E-state index in [1.807, 2.05) is 11.0 Å². The molecular weight excluding hydrogens is 388 g/mol. The number of nitrogens with one attached hydrogen (secondary N) is 2. The zero-order valence-electron chi connectivity index (χ0n) is 19.5. The minimum Gasteiger partial charge on any atom is -0.368 e. The maximum absolute atomic E-state index is 12.7. The molecule has 172 valence electrons. The molecule has 2 aliphatic rings. The lowest BCUT2D eigenvalue weighted by atomic mass is 10.0. The van der Waals surface area contributed by atoms with Crippen molar-refractivity contribution in [1.82, 2.24) is 20.4 Å². The Hall–Kier alpha value is -2.28. The smallest absolute Gasteiger partial charge is 0.224 e. The molecule has 1 aromatic rings. The van der Waals surface area contributed by atoms with Crippen LogP contribution in [0, 0.1) is 0 Å². The van der Waals surface area contributed by atoms with Crippen molar-refractivity contribution < 1.29 is 4.79 Å². The maximum atomic E-state index is 12.7. The average Bonchev–Trinajstić information content (AvgIpc) is 2.80. The summed E-state index contributed by atoms with van der Waals surface area (Å²) in [5.74, 6) is 1.05. The second-order valence-corrected chi connectivity index (χ2v) is 8.76. The fraction of sp³-hybridized carbons (Fsp3) is 0.667. The molecule has 2 saturated heterocycles. The second-order valence-electron chi connectivity index (χ2n) is 8.76. The number of piperazine rings is 1. The van der Waals surface area contributed by atoms with Gasteiger partial charge in [-0.2, -0.15) is 0 Å². The van der Waals surface area contributed by atoms with Gasteiger partial charge in [-0.3, -0.25) is 9.79 Å². The predicted molar refractivity (Wildman–Crippen MR) is 129 cm³/mol. The largest absolute Gasteiger partial charge is 0.368 e. The third kappa shape index (κ3) is 7.13. The standard InChI is InChI=1S/C24H40N6O/c1-4-25-24(27-21-11-14-28(15-12-21)20(2)3)26-13-10-23(31)30-18-16-29(17-19-30)22-8-6-5-7-9-22/h5-9,20-21H,4,10-19H2,1-3H3,(H2,25,26,27). The minimum absolute atomic E-state index is 0.206. The van der Waals surface area contributed by atoms with Gasteiger partial charge in [0.25, 0.3) is 0 Å². The average molecular weight is 429 g/mol. The number of nitrogens with zero attached hydrogens (tertiary/aromatic N) is 4. The van der Waals surface area contributed by atoms with Gasteiger partial charge in [0.05, 0.1) is 6.54 Å². The quantitative estimate of drug-likeness (QED) is 0.515. The molecule has 1 amide bonds. The molecule has 0 spiro atoms. The van der Waals surface area contributed by atoms with E-state index in [0.717, 1.165) is 64.6 Å². The molecule has 0 saturated carbocycles. The predicted octanol–water partition coefficient (Wildman–Crippen LogP) is 2.15. The van der Waals surface area contributed by atoms with Crippen LogP contribution < -0.4 is 15.5 Å². The van der Waals surface area contributed by atoms with Crippen LogP contribution in [0.2, 0.25) is 0 Å². The molecule has 7 nitrogen and oxygen atoms in total. The number of anilines is 1. The molecule has 2 fully saturated rings. The van der Waals surface area contributed by atoms with Gasteiger partial charge in [0, 0.05) is 70.0 Å². The summed E-state index contributed by atoms with van der Waals surface area (Å²) in [6, 6.07) is 11.5. The molecule has 0 unspecified atom stereocenters. The van der Waals surface area contributed by atoms with E-state index in [0.29, 0.717) is 25.0 Å². The molecule has 2 N–H and O–H groups in total. The number of para-hydroxylation sites is 1. The SMILES string of the molecule is CCNC(=NCCC(=O)N1CCN(c2ccccc2)CC1)NC1CCN(C(C)C)CC1. The normalized spacial score (nSPS) is 19.0. The lowest BCUT2D eigenvalue weighted by molar-refractivity contribution is -0.131. The van der Waals surface area contributed by atoms with Crippen molar-refractivity contribution >= 4 is 17.6 Å². The van der Waals surface area contributed by atoms with Gasteiger partial charge >= 0.3 is 0 Å². The highest BCUT2D eigenvalue weighted by Gasteiger charge is 2.22. The number of piperidine rings is 1. The molecule has 0 atom stereocenters. The van der Waals surface area contributed by atoms with Gasteiger partial charge in [-0.05, 0) is 45.7 Å². The van der Waals surface area contributed by atoms with Crippen LogP contribution in [0.5, 0.6) is 0 Å². The van der Waals surface area contributed by atoms with Crippen LogP contribution >= 0.6 is 0 Å². The van der Waals surface area contributed by atoms with Gasteiger partial charge in [-0.25, -0.2) is 0 Å². The number of guanidine groups is 1. The Morgan fingerprint density at radius 1 is 1.06 bits per heavy atom. The number of hydrogen-bond donors (Lipinski definition) is 2. The zero-order valence-corrected chi connectivity index (χ0v) is 19.5. The number of aliphatic imine (C=N–C) groups is 1. The summed E-state index contributed by atoms with van der Waals surface area (Å²) in [7, 11) is 0. The molecule has 3 rings (SSSR count). The van der Waals surface area contributed by atoms with Crippen LogP contribution in [0.15, 0.2) is 35.3 Å². The molecule has 1 aromatic carbocycles. The Labute approximate surface area is 187 Å². The summed E-state index contributed by atoms with van der Waals surface area (Å²) in [6.07, 6.45) is 2.73. The Morgan fingerprint density at radius 2 is 1.74 bits per heavy atom. The molecule has 0 bridgehead atoms. The summed E-state index contributed by atoms with van der Waals surface area (Å²) in [5.41, 5.74) is 1.24. The van der Waals surface area contributed by atoms with E-state index < -0.39 is 0 Å². The zero-order chi connectivity index (χ0) is 22.1. The maximum Gasteiger partial charge on any atom is 0.224 e. The van der Waals surface area contributed by atoms with Crippen molar-refractivity contribution in [2.45, 2.75) is 52.1 Å². The summed E-state index contributed by atoms with van der Waals surface area (Å²) in [5, 5.41) is 6.91. The topological polar surface area (TPSA) is 63.2 Å². The third-order valence-electron chi connectivity index (χ3n) is 6.29. The number of likely N-dealkylation sites (tertiary alicyclic amines) is 1. The minimum atomic E-state index is 0.206. The van der Waals surface area contributed by atoms with E-state index in [-0.39, 0.29) is 5.91 Å². The fourth-order valence-corrected chi connectivity index (χ4v) is 4.35. The first-order valence-electron chi connectivity index (χ1n) is 11.9. The van der Waals surface area contributed by atoms with Gasteiger partial charge in [0.2, 0.25) is 5.91 Å². The van der Waals surface area contributed by atoms with Crippen LogP contribution in [-0.2, 0) is 4.79 Å². The van der Waals surface area contributed by atoms with Gasteiger partial charge in [-0.15, -0.1) is 0 Å². The van der Waals surface area contributed by atoms with Crippen LogP contribution in [0.1, 0.15) is 40.0 Å².